The molecule has 0 saturated carbocycles. The Morgan fingerprint density at radius 1 is 1.00 bits per heavy atom. The number of amides is 1. The molecule has 0 atom stereocenters. The molecule has 1 heterocycles. The SMILES string of the molecule is CN(Cc1cnn(Cc2ccccc2)c1)C(=O)c1cccc(S(=O)(=O)Nc2ccccc2F)c1. The first-order valence-corrected chi connectivity index (χ1v) is 12.0. The molecule has 4 aromatic rings. The first kappa shape index (κ1) is 23.2. The molecule has 0 aliphatic carbocycles. The van der Waals surface area contributed by atoms with Crippen LogP contribution < -0.4 is 4.72 Å². The Morgan fingerprint density at radius 2 is 1.74 bits per heavy atom. The highest BCUT2D eigenvalue weighted by molar-refractivity contribution is 7.92. The lowest BCUT2D eigenvalue weighted by molar-refractivity contribution is 0.0785. The van der Waals surface area contributed by atoms with E-state index < -0.39 is 15.8 Å². The molecule has 174 valence electrons. The van der Waals surface area contributed by atoms with Crippen LogP contribution in [0.2, 0.25) is 0 Å². The van der Waals surface area contributed by atoms with Crippen molar-refractivity contribution in [3.63, 3.8) is 0 Å². The molecule has 1 aromatic heterocycles. The van der Waals surface area contributed by atoms with Gasteiger partial charge in [-0.25, -0.2) is 12.8 Å². The van der Waals surface area contributed by atoms with Crippen LogP contribution in [0.5, 0.6) is 0 Å². The van der Waals surface area contributed by atoms with Crippen molar-refractivity contribution in [3.8, 4) is 0 Å². The summed E-state index contributed by atoms with van der Waals surface area (Å²) in [6.45, 7) is 0.922. The minimum atomic E-state index is -4.08. The standard InChI is InChI=1S/C25H23FN4O3S/c1-29(16-20-15-27-30(18-20)17-19-8-3-2-4-9-19)25(31)21-10-7-11-22(14-21)34(32,33)28-24-13-6-5-12-23(24)26/h2-15,18,28H,16-17H2,1H3. The highest BCUT2D eigenvalue weighted by atomic mass is 32.2. The Labute approximate surface area is 197 Å². The summed E-state index contributed by atoms with van der Waals surface area (Å²) in [6, 6.07) is 21.0. The Balaban J connectivity index is 1.45. The van der Waals surface area contributed by atoms with Gasteiger partial charge in [0.05, 0.1) is 23.3 Å². The lowest BCUT2D eigenvalue weighted by Gasteiger charge is -2.17. The van der Waals surface area contributed by atoms with E-state index in [2.05, 4.69) is 9.82 Å². The van der Waals surface area contributed by atoms with Gasteiger partial charge >= 0.3 is 0 Å². The molecule has 3 aromatic carbocycles. The Morgan fingerprint density at radius 3 is 2.50 bits per heavy atom. The molecule has 0 spiro atoms. The molecule has 0 unspecified atom stereocenters. The number of nitrogens with zero attached hydrogens (tertiary/aromatic N) is 3. The number of carbonyl (C=O) groups is 1. The predicted molar refractivity (Wildman–Crippen MR) is 127 cm³/mol. The number of rotatable bonds is 8. The fourth-order valence-corrected chi connectivity index (χ4v) is 4.57. The second-order valence-corrected chi connectivity index (χ2v) is 9.49. The Hall–Kier alpha value is -3.98. The van der Waals surface area contributed by atoms with Crippen LogP contribution in [0.15, 0.2) is 96.2 Å². The molecule has 7 nitrogen and oxygen atoms in total. The lowest BCUT2D eigenvalue weighted by Crippen LogP contribution is -2.26. The number of para-hydroxylation sites is 1. The summed E-state index contributed by atoms with van der Waals surface area (Å²) in [5, 5.41) is 4.35. The third-order valence-corrected chi connectivity index (χ3v) is 6.51. The average Bonchev–Trinajstić information content (AvgIpc) is 3.27. The molecule has 9 heteroatoms. The van der Waals surface area contributed by atoms with Gasteiger partial charge in [-0.15, -0.1) is 0 Å². The summed E-state index contributed by atoms with van der Waals surface area (Å²) in [7, 11) is -2.44. The molecule has 1 amide bonds. The summed E-state index contributed by atoms with van der Waals surface area (Å²) >= 11 is 0. The third-order valence-electron chi connectivity index (χ3n) is 5.15. The van der Waals surface area contributed by atoms with E-state index in [9.17, 15) is 17.6 Å². The number of aromatic nitrogens is 2. The summed E-state index contributed by atoms with van der Waals surface area (Å²) in [5.74, 6) is -1.04. The number of hydrogen-bond acceptors (Lipinski definition) is 4. The molecule has 0 aliphatic heterocycles. The van der Waals surface area contributed by atoms with E-state index in [-0.39, 0.29) is 22.1 Å². The van der Waals surface area contributed by atoms with Crippen molar-refractivity contribution in [2.24, 2.45) is 0 Å². The summed E-state index contributed by atoms with van der Waals surface area (Å²) in [4.78, 5) is 14.3. The molecule has 0 bridgehead atoms. The van der Waals surface area contributed by atoms with Crippen molar-refractivity contribution in [2.75, 3.05) is 11.8 Å². The molecule has 0 saturated heterocycles. The van der Waals surface area contributed by atoms with Gasteiger partial charge < -0.3 is 4.90 Å². The van der Waals surface area contributed by atoms with Crippen molar-refractivity contribution >= 4 is 21.6 Å². The first-order chi connectivity index (χ1) is 16.3. The van der Waals surface area contributed by atoms with E-state index in [4.69, 9.17) is 0 Å². The van der Waals surface area contributed by atoms with Gasteiger partial charge in [-0.3, -0.25) is 14.2 Å². The summed E-state index contributed by atoms with van der Waals surface area (Å²) in [5.41, 5.74) is 2.00. The fourth-order valence-electron chi connectivity index (χ4n) is 3.45. The number of nitrogens with one attached hydrogen (secondary N) is 1. The maximum Gasteiger partial charge on any atom is 0.262 e. The second-order valence-electron chi connectivity index (χ2n) is 7.81. The number of benzene rings is 3. The number of halogens is 1. The van der Waals surface area contributed by atoms with E-state index in [1.165, 1.54) is 41.3 Å². The molecular weight excluding hydrogens is 455 g/mol. The second kappa shape index (κ2) is 9.88. The van der Waals surface area contributed by atoms with Crippen LogP contribution in [-0.2, 0) is 23.1 Å². The average molecular weight is 479 g/mol. The third kappa shape index (κ3) is 5.49. The molecule has 34 heavy (non-hydrogen) atoms. The van der Waals surface area contributed by atoms with Gasteiger partial charge in [0.2, 0.25) is 0 Å². The zero-order valence-electron chi connectivity index (χ0n) is 18.4. The number of carbonyl (C=O) groups excluding carboxylic acids is 1. The molecule has 0 fully saturated rings. The quantitative estimate of drug-likeness (QED) is 0.413. The topological polar surface area (TPSA) is 84.3 Å². The monoisotopic (exact) mass is 478 g/mol. The number of sulfonamides is 1. The smallest absolute Gasteiger partial charge is 0.262 e. The summed E-state index contributed by atoms with van der Waals surface area (Å²) in [6.07, 6.45) is 3.57. The number of anilines is 1. The highest BCUT2D eigenvalue weighted by Crippen LogP contribution is 2.20. The fraction of sp³-hybridized carbons (Fsp3) is 0.120. The predicted octanol–water partition coefficient (Wildman–Crippen LogP) is 4.14. The van der Waals surface area contributed by atoms with Crippen molar-refractivity contribution in [1.82, 2.24) is 14.7 Å². The largest absolute Gasteiger partial charge is 0.337 e. The van der Waals surface area contributed by atoms with Crippen molar-refractivity contribution < 1.29 is 17.6 Å². The lowest BCUT2D eigenvalue weighted by atomic mass is 10.2. The van der Waals surface area contributed by atoms with Crippen LogP contribution in [0.3, 0.4) is 0 Å². The van der Waals surface area contributed by atoms with E-state index in [1.807, 2.05) is 36.5 Å². The zero-order chi connectivity index (χ0) is 24.1. The summed E-state index contributed by atoms with van der Waals surface area (Å²) < 4.78 is 43.4. The molecule has 4 rings (SSSR count). The van der Waals surface area contributed by atoms with Gasteiger partial charge in [0, 0.05) is 30.9 Å². The van der Waals surface area contributed by atoms with Crippen LogP contribution in [0, 0.1) is 5.82 Å². The van der Waals surface area contributed by atoms with E-state index >= 15 is 0 Å². The normalized spacial score (nSPS) is 11.2. The van der Waals surface area contributed by atoms with E-state index in [0.29, 0.717) is 13.1 Å². The first-order valence-electron chi connectivity index (χ1n) is 10.5. The minimum Gasteiger partial charge on any atom is -0.337 e. The van der Waals surface area contributed by atoms with Crippen LogP contribution in [0.25, 0.3) is 0 Å². The molecule has 0 radical (unpaired) electrons. The van der Waals surface area contributed by atoms with Gasteiger partial charge in [-0.05, 0) is 35.9 Å². The van der Waals surface area contributed by atoms with Gasteiger partial charge in [-0.2, -0.15) is 5.10 Å². The maximum absolute atomic E-state index is 13.9. The zero-order valence-corrected chi connectivity index (χ0v) is 19.2. The Kier molecular flexibility index (Phi) is 6.74. The highest BCUT2D eigenvalue weighted by Gasteiger charge is 2.20. The molecular formula is C25H23FN4O3S. The van der Waals surface area contributed by atoms with Gasteiger partial charge in [0.1, 0.15) is 5.82 Å². The van der Waals surface area contributed by atoms with Gasteiger partial charge in [-0.1, -0.05) is 48.5 Å². The van der Waals surface area contributed by atoms with Crippen molar-refractivity contribution in [2.45, 2.75) is 18.0 Å². The maximum atomic E-state index is 13.9. The van der Waals surface area contributed by atoms with Crippen LogP contribution in [-0.4, -0.2) is 36.1 Å². The minimum absolute atomic E-state index is 0.134. The van der Waals surface area contributed by atoms with Gasteiger partial charge in [0.15, 0.2) is 0 Å². The van der Waals surface area contributed by atoms with Crippen LogP contribution in [0.4, 0.5) is 10.1 Å². The van der Waals surface area contributed by atoms with Gasteiger partial charge in [0.25, 0.3) is 15.9 Å². The van der Waals surface area contributed by atoms with E-state index in [0.717, 1.165) is 17.2 Å². The molecule has 1 N–H and O–H groups in total. The molecule has 0 aliphatic rings. The van der Waals surface area contributed by atoms with Crippen LogP contribution >= 0.6 is 0 Å². The Bertz CT molecular complexity index is 1400. The van der Waals surface area contributed by atoms with Crippen molar-refractivity contribution in [1.29, 1.82) is 0 Å². The van der Waals surface area contributed by atoms with E-state index in [1.54, 1.807) is 24.0 Å². The van der Waals surface area contributed by atoms with Crippen molar-refractivity contribution in [3.05, 3.63) is 114 Å². The number of hydrogen-bond donors (Lipinski definition) is 1. The van der Waals surface area contributed by atoms with Crippen LogP contribution in [0.1, 0.15) is 21.5 Å².